The van der Waals surface area contributed by atoms with Gasteiger partial charge in [0.05, 0.1) is 0 Å². The second kappa shape index (κ2) is 5.50. The Hall–Kier alpha value is -0.140. The van der Waals surface area contributed by atoms with Crippen LogP contribution in [0.3, 0.4) is 0 Å². The van der Waals surface area contributed by atoms with Crippen LogP contribution in [-0.2, 0) is 9.59 Å². The summed E-state index contributed by atoms with van der Waals surface area (Å²) in [5, 5.41) is 32.5. The van der Waals surface area contributed by atoms with Crippen molar-refractivity contribution in [3.8, 4) is 0 Å². The molecular formula is C4H6NaO6+. The van der Waals surface area contributed by atoms with Crippen LogP contribution < -0.4 is 29.6 Å². The molecule has 0 heterocycles. The first-order valence-corrected chi connectivity index (χ1v) is 2.28. The van der Waals surface area contributed by atoms with Crippen molar-refractivity contribution in [2.75, 3.05) is 0 Å². The molecule has 2 unspecified atom stereocenters. The van der Waals surface area contributed by atoms with Gasteiger partial charge in [-0.25, -0.2) is 9.59 Å². The van der Waals surface area contributed by atoms with Crippen LogP contribution in [0, 0.1) is 0 Å². The molecule has 0 aromatic rings. The molecule has 0 radical (unpaired) electrons. The summed E-state index contributed by atoms with van der Waals surface area (Å²) in [6.07, 6.45) is -4.53. The molecule has 0 aliphatic carbocycles. The molecule has 0 aromatic heterocycles. The molecule has 0 fully saturated rings. The number of hydrogen-bond acceptors (Lipinski definition) is 4. The third-order valence-corrected chi connectivity index (χ3v) is 0.805. The Morgan fingerprint density at radius 1 is 0.909 bits per heavy atom. The summed E-state index contributed by atoms with van der Waals surface area (Å²) >= 11 is 0. The molecular weight excluding hydrogens is 167 g/mol. The van der Waals surface area contributed by atoms with Gasteiger partial charge in [0.15, 0.2) is 12.2 Å². The number of rotatable bonds is 3. The number of hydrogen-bond donors (Lipinski definition) is 4. The molecule has 7 heteroatoms. The Labute approximate surface area is 83.7 Å². The van der Waals surface area contributed by atoms with Crippen LogP contribution in [0.4, 0.5) is 0 Å². The molecule has 0 saturated carbocycles. The Bertz CT molecular complexity index is 139. The minimum absolute atomic E-state index is 0. The average molecular weight is 173 g/mol. The molecule has 0 spiro atoms. The van der Waals surface area contributed by atoms with Gasteiger partial charge < -0.3 is 20.4 Å². The SMILES string of the molecule is O=C(O)C(O)C(O)C(=O)O.[Na+]. The summed E-state index contributed by atoms with van der Waals surface area (Å²) in [6.45, 7) is 0. The van der Waals surface area contributed by atoms with Crippen LogP contribution in [0.15, 0.2) is 0 Å². The number of carboxylic acid groups (broad SMARTS) is 2. The monoisotopic (exact) mass is 173 g/mol. The van der Waals surface area contributed by atoms with Crippen LogP contribution >= 0.6 is 0 Å². The van der Waals surface area contributed by atoms with E-state index in [0.29, 0.717) is 0 Å². The van der Waals surface area contributed by atoms with Crippen LogP contribution in [0.25, 0.3) is 0 Å². The van der Waals surface area contributed by atoms with E-state index in [-0.39, 0.29) is 29.6 Å². The maximum Gasteiger partial charge on any atom is 1.00 e. The van der Waals surface area contributed by atoms with Gasteiger partial charge >= 0.3 is 41.5 Å². The van der Waals surface area contributed by atoms with Crippen LogP contribution in [-0.4, -0.2) is 44.6 Å². The predicted molar refractivity (Wildman–Crippen MR) is 27.3 cm³/mol. The van der Waals surface area contributed by atoms with Gasteiger partial charge in [-0.05, 0) is 0 Å². The number of carbonyl (C=O) groups is 2. The zero-order chi connectivity index (χ0) is 8.31. The van der Waals surface area contributed by atoms with Gasteiger partial charge in [0.1, 0.15) is 0 Å². The Morgan fingerprint density at radius 2 is 1.09 bits per heavy atom. The summed E-state index contributed by atoms with van der Waals surface area (Å²) < 4.78 is 0. The average Bonchev–Trinajstić information content (AvgIpc) is 1.84. The summed E-state index contributed by atoms with van der Waals surface area (Å²) in [5.74, 6) is -3.54. The van der Waals surface area contributed by atoms with E-state index < -0.39 is 24.1 Å². The quantitative estimate of drug-likeness (QED) is 0.317. The van der Waals surface area contributed by atoms with Crippen molar-refractivity contribution < 1.29 is 59.6 Å². The molecule has 0 bridgehead atoms. The first-order valence-electron chi connectivity index (χ1n) is 2.28. The molecule has 0 rings (SSSR count). The second-order valence-corrected chi connectivity index (χ2v) is 1.57. The van der Waals surface area contributed by atoms with E-state index in [0.717, 1.165) is 0 Å². The van der Waals surface area contributed by atoms with Gasteiger partial charge in [0.25, 0.3) is 0 Å². The van der Waals surface area contributed by atoms with Crippen molar-refractivity contribution in [2.45, 2.75) is 12.2 Å². The Kier molecular flexibility index (Phi) is 6.73. The third-order valence-electron chi connectivity index (χ3n) is 0.805. The third kappa shape index (κ3) is 4.33. The molecule has 6 nitrogen and oxygen atoms in total. The summed E-state index contributed by atoms with van der Waals surface area (Å²) in [7, 11) is 0. The molecule has 0 aromatic carbocycles. The maximum absolute atomic E-state index is 9.77. The van der Waals surface area contributed by atoms with Gasteiger partial charge in [-0.2, -0.15) is 0 Å². The number of aliphatic carboxylic acids is 2. The van der Waals surface area contributed by atoms with Crippen LogP contribution in [0.1, 0.15) is 0 Å². The first kappa shape index (κ1) is 13.4. The van der Waals surface area contributed by atoms with E-state index in [1.54, 1.807) is 0 Å². The van der Waals surface area contributed by atoms with Crippen LogP contribution in [0.2, 0.25) is 0 Å². The minimum Gasteiger partial charge on any atom is -0.479 e. The molecule has 0 aliphatic rings. The summed E-state index contributed by atoms with van der Waals surface area (Å²) in [4.78, 5) is 19.5. The number of aliphatic hydroxyl groups excluding tert-OH is 2. The Morgan fingerprint density at radius 3 is 1.18 bits per heavy atom. The fourth-order valence-corrected chi connectivity index (χ4v) is 0.270. The standard InChI is InChI=1S/C4H6O6.Na/c5-1(3(7)8)2(6)4(9)10;/h1-2,5-6H,(H,7,8)(H,9,10);/q;+1. The number of aliphatic hydroxyl groups is 2. The van der Waals surface area contributed by atoms with E-state index in [1.807, 2.05) is 0 Å². The van der Waals surface area contributed by atoms with Gasteiger partial charge in [0.2, 0.25) is 0 Å². The van der Waals surface area contributed by atoms with Crippen molar-refractivity contribution >= 4 is 11.9 Å². The van der Waals surface area contributed by atoms with E-state index >= 15 is 0 Å². The maximum atomic E-state index is 9.77. The van der Waals surface area contributed by atoms with Gasteiger partial charge in [-0.3, -0.25) is 0 Å². The van der Waals surface area contributed by atoms with E-state index in [9.17, 15) is 9.59 Å². The fourth-order valence-electron chi connectivity index (χ4n) is 0.270. The van der Waals surface area contributed by atoms with Crippen molar-refractivity contribution in [1.82, 2.24) is 0 Å². The topological polar surface area (TPSA) is 115 Å². The molecule has 11 heavy (non-hydrogen) atoms. The summed E-state index contributed by atoms with van der Waals surface area (Å²) in [5.41, 5.74) is 0. The second-order valence-electron chi connectivity index (χ2n) is 1.57. The zero-order valence-electron chi connectivity index (χ0n) is 5.76. The van der Waals surface area contributed by atoms with E-state index in [4.69, 9.17) is 20.4 Å². The molecule has 0 amide bonds. The molecule has 0 aliphatic heterocycles. The Balaban J connectivity index is 0. The normalized spacial score (nSPS) is 14.4. The summed E-state index contributed by atoms with van der Waals surface area (Å²) in [6, 6.07) is 0. The van der Waals surface area contributed by atoms with Crippen molar-refractivity contribution in [1.29, 1.82) is 0 Å². The van der Waals surface area contributed by atoms with E-state index in [1.165, 1.54) is 0 Å². The van der Waals surface area contributed by atoms with Gasteiger partial charge in [-0.1, -0.05) is 0 Å². The van der Waals surface area contributed by atoms with E-state index in [2.05, 4.69) is 0 Å². The molecule has 58 valence electrons. The first-order chi connectivity index (χ1) is 4.46. The largest absolute Gasteiger partial charge is 1.00 e. The molecule has 0 saturated heterocycles. The minimum atomic E-state index is -2.27. The fraction of sp³-hybridized carbons (Fsp3) is 0.500. The molecule has 4 N–H and O–H groups in total. The number of carboxylic acids is 2. The smallest absolute Gasteiger partial charge is 0.479 e. The predicted octanol–water partition coefficient (Wildman–Crippen LogP) is -5.12. The zero-order valence-corrected chi connectivity index (χ0v) is 7.76. The molecule has 2 atom stereocenters. The van der Waals surface area contributed by atoms with Crippen molar-refractivity contribution in [3.05, 3.63) is 0 Å². The van der Waals surface area contributed by atoms with Crippen LogP contribution in [0.5, 0.6) is 0 Å². The van der Waals surface area contributed by atoms with Gasteiger partial charge in [-0.15, -0.1) is 0 Å². The van der Waals surface area contributed by atoms with Crippen molar-refractivity contribution in [3.63, 3.8) is 0 Å². The van der Waals surface area contributed by atoms with Gasteiger partial charge in [0, 0.05) is 0 Å². The van der Waals surface area contributed by atoms with Crippen molar-refractivity contribution in [2.24, 2.45) is 0 Å².